The highest BCUT2D eigenvalue weighted by molar-refractivity contribution is 7.99. The molecule has 4 aromatic rings. The Morgan fingerprint density at radius 2 is 1.72 bits per heavy atom. The molecule has 0 aliphatic carbocycles. The van der Waals surface area contributed by atoms with Gasteiger partial charge in [0.05, 0.1) is 9.82 Å². The molecule has 0 spiro atoms. The van der Waals surface area contributed by atoms with Crippen molar-refractivity contribution in [3.05, 3.63) is 94.0 Å². The number of nitro benzene ring substituents is 1. The molecule has 32 heavy (non-hydrogen) atoms. The standard InChI is InChI=1S/C23H20N4O4S/c24-23(28)31-22-21(32-18-4-2-1-3-5-18)19-11-8-16(12-20(19)26-22)14-25-13-15-6-9-17(10-7-15)27(29)30/h1-12,25-26H,13-14H2,(H2,24,28). The van der Waals surface area contributed by atoms with Crippen LogP contribution in [0.5, 0.6) is 5.88 Å². The maximum atomic E-state index is 11.4. The smallest absolute Gasteiger partial charge is 0.392 e. The third-order valence-corrected chi connectivity index (χ3v) is 5.87. The highest BCUT2D eigenvalue weighted by atomic mass is 32.2. The number of hydrogen-bond acceptors (Lipinski definition) is 6. The van der Waals surface area contributed by atoms with Crippen LogP contribution < -0.4 is 15.8 Å². The van der Waals surface area contributed by atoms with E-state index in [9.17, 15) is 14.9 Å². The minimum absolute atomic E-state index is 0.0732. The van der Waals surface area contributed by atoms with Gasteiger partial charge in [0, 0.05) is 41.0 Å². The second kappa shape index (κ2) is 9.54. The predicted molar refractivity (Wildman–Crippen MR) is 123 cm³/mol. The minimum atomic E-state index is -0.878. The number of carbonyl (C=O) groups excluding carboxylic acids is 1. The van der Waals surface area contributed by atoms with Gasteiger partial charge in [-0.2, -0.15) is 0 Å². The van der Waals surface area contributed by atoms with E-state index in [2.05, 4.69) is 10.3 Å². The first kappa shape index (κ1) is 21.4. The van der Waals surface area contributed by atoms with Crippen LogP contribution in [0, 0.1) is 10.1 Å². The third-order valence-electron chi connectivity index (χ3n) is 4.75. The van der Waals surface area contributed by atoms with Crippen LogP contribution in [-0.2, 0) is 13.1 Å². The maximum absolute atomic E-state index is 11.4. The summed E-state index contributed by atoms with van der Waals surface area (Å²) in [5.41, 5.74) is 8.13. The summed E-state index contributed by atoms with van der Waals surface area (Å²) < 4.78 is 5.21. The molecule has 162 valence electrons. The van der Waals surface area contributed by atoms with Crippen LogP contribution in [-0.4, -0.2) is 16.0 Å². The zero-order chi connectivity index (χ0) is 22.5. The maximum Gasteiger partial charge on any atom is 0.411 e. The fraction of sp³-hybridized carbons (Fsp3) is 0.0870. The highest BCUT2D eigenvalue weighted by Crippen LogP contribution is 2.40. The number of H-pyrrole nitrogens is 1. The van der Waals surface area contributed by atoms with Crippen molar-refractivity contribution in [2.75, 3.05) is 0 Å². The Kier molecular flexibility index (Phi) is 6.39. The van der Waals surface area contributed by atoms with Crippen LogP contribution in [0.1, 0.15) is 11.1 Å². The van der Waals surface area contributed by atoms with Gasteiger partial charge in [0.25, 0.3) is 5.69 Å². The first-order chi connectivity index (χ1) is 15.5. The second-order valence-electron chi connectivity index (χ2n) is 7.03. The second-order valence-corrected chi connectivity index (χ2v) is 8.11. The number of ether oxygens (including phenoxy) is 1. The quantitative estimate of drug-likeness (QED) is 0.258. The van der Waals surface area contributed by atoms with E-state index < -0.39 is 11.0 Å². The molecule has 4 rings (SSSR count). The van der Waals surface area contributed by atoms with Gasteiger partial charge in [0.2, 0.25) is 5.88 Å². The number of fused-ring (bicyclic) bond motifs is 1. The first-order valence-electron chi connectivity index (χ1n) is 9.78. The molecule has 0 saturated carbocycles. The van der Waals surface area contributed by atoms with Crippen molar-refractivity contribution in [2.45, 2.75) is 22.9 Å². The Bertz CT molecular complexity index is 1260. The molecule has 0 unspecified atom stereocenters. The number of carbonyl (C=O) groups is 1. The number of nitrogens with one attached hydrogen (secondary N) is 2. The van der Waals surface area contributed by atoms with E-state index >= 15 is 0 Å². The number of non-ortho nitro benzene ring substituents is 1. The van der Waals surface area contributed by atoms with Gasteiger partial charge < -0.3 is 20.8 Å². The molecule has 0 fully saturated rings. The van der Waals surface area contributed by atoms with E-state index in [0.717, 1.165) is 31.8 Å². The van der Waals surface area contributed by atoms with Crippen LogP contribution in [0.3, 0.4) is 0 Å². The third kappa shape index (κ3) is 5.08. The average molecular weight is 449 g/mol. The molecule has 0 aliphatic heterocycles. The predicted octanol–water partition coefficient (Wildman–Crippen LogP) is 4.97. The van der Waals surface area contributed by atoms with Crippen LogP contribution in [0.15, 0.2) is 82.6 Å². The zero-order valence-corrected chi connectivity index (χ0v) is 17.7. The Hall–Kier alpha value is -3.82. The molecule has 1 amide bonds. The van der Waals surface area contributed by atoms with Crippen molar-refractivity contribution in [2.24, 2.45) is 5.73 Å². The molecule has 8 nitrogen and oxygen atoms in total. The lowest BCUT2D eigenvalue weighted by Gasteiger charge is -2.06. The summed E-state index contributed by atoms with van der Waals surface area (Å²) in [7, 11) is 0. The van der Waals surface area contributed by atoms with Gasteiger partial charge in [0.15, 0.2) is 0 Å². The van der Waals surface area contributed by atoms with E-state index in [4.69, 9.17) is 10.5 Å². The molecule has 1 aromatic heterocycles. The van der Waals surface area contributed by atoms with Crippen molar-refractivity contribution in [1.29, 1.82) is 0 Å². The molecule has 0 aliphatic rings. The van der Waals surface area contributed by atoms with Crippen molar-refractivity contribution in [3.63, 3.8) is 0 Å². The first-order valence-corrected chi connectivity index (χ1v) is 10.6. The molecular weight excluding hydrogens is 428 g/mol. The highest BCUT2D eigenvalue weighted by Gasteiger charge is 2.16. The number of rotatable bonds is 8. The Labute approximate surface area is 187 Å². The number of nitrogens with zero attached hydrogens (tertiary/aromatic N) is 1. The van der Waals surface area contributed by atoms with Gasteiger partial charge in [0.1, 0.15) is 0 Å². The summed E-state index contributed by atoms with van der Waals surface area (Å²) in [6.45, 7) is 1.17. The number of aromatic amines is 1. The SMILES string of the molecule is NC(=O)Oc1[nH]c2cc(CNCc3ccc([N+](=O)[O-])cc3)ccc2c1Sc1ccccc1. The summed E-state index contributed by atoms with van der Waals surface area (Å²) in [4.78, 5) is 26.7. The van der Waals surface area contributed by atoms with Crippen molar-refractivity contribution in [1.82, 2.24) is 10.3 Å². The topological polar surface area (TPSA) is 123 Å². The monoisotopic (exact) mass is 448 g/mol. The number of benzene rings is 3. The van der Waals surface area contributed by atoms with Crippen molar-refractivity contribution < 1.29 is 14.5 Å². The average Bonchev–Trinajstić information content (AvgIpc) is 3.10. The largest absolute Gasteiger partial charge is 0.411 e. The Balaban J connectivity index is 1.50. The molecule has 1 heterocycles. The summed E-state index contributed by atoms with van der Waals surface area (Å²) in [5.74, 6) is 0.317. The Morgan fingerprint density at radius 3 is 2.41 bits per heavy atom. The molecule has 9 heteroatoms. The normalized spacial score (nSPS) is 10.9. The van der Waals surface area contributed by atoms with Crippen molar-refractivity contribution in [3.8, 4) is 5.88 Å². The van der Waals surface area contributed by atoms with Gasteiger partial charge in [-0.15, -0.1) is 0 Å². The number of primary amides is 1. The minimum Gasteiger partial charge on any atom is -0.392 e. The number of hydrogen-bond donors (Lipinski definition) is 3. The molecule has 3 aromatic carbocycles. The van der Waals surface area contributed by atoms with Gasteiger partial charge in [-0.05, 0) is 29.3 Å². The lowest BCUT2D eigenvalue weighted by atomic mass is 10.1. The number of nitrogens with two attached hydrogens (primary N) is 1. The molecule has 4 N–H and O–H groups in total. The molecule has 0 atom stereocenters. The summed E-state index contributed by atoms with van der Waals surface area (Å²) in [6, 6.07) is 22.2. The Morgan fingerprint density at radius 1 is 1.03 bits per heavy atom. The van der Waals surface area contributed by atoms with Crippen LogP contribution >= 0.6 is 11.8 Å². The molecule has 0 saturated heterocycles. The van der Waals surface area contributed by atoms with E-state index in [-0.39, 0.29) is 5.69 Å². The van der Waals surface area contributed by atoms with Crippen molar-refractivity contribution >= 4 is 34.4 Å². The molecule has 0 radical (unpaired) electrons. The molecule has 0 bridgehead atoms. The number of aromatic nitrogens is 1. The summed E-state index contributed by atoms with van der Waals surface area (Å²) in [5, 5.41) is 15.0. The van der Waals surface area contributed by atoms with E-state index in [1.807, 2.05) is 48.5 Å². The van der Waals surface area contributed by atoms with Gasteiger partial charge >= 0.3 is 6.09 Å². The van der Waals surface area contributed by atoms with Gasteiger partial charge in [-0.25, -0.2) is 4.79 Å². The fourth-order valence-electron chi connectivity index (χ4n) is 3.27. The summed E-state index contributed by atoms with van der Waals surface area (Å²) in [6.07, 6.45) is -0.878. The number of nitro groups is 1. The van der Waals surface area contributed by atoms with Crippen LogP contribution in [0.4, 0.5) is 10.5 Å². The lowest BCUT2D eigenvalue weighted by molar-refractivity contribution is -0.384. The summed E-state index contributed by atoms with van der Waals surface area (Å²) >= 11 is 1.49. The fourth-order valence-corrected chi connectivity index (χ4v) is 4.27. The van der Waals surface area contributed by atoms with E-state index in [1.54, 1.807) is 12.1 Å². The van der Waals surface area contributed by atoms with E-state index in [1.165, 1.54) is 23.9 Å². The zero-order valence-electron chi connectivity index (χ0n) is 16.9. The van der Waals surface area contributed by atoms with Crippen LogP contribution in [0.2, 0.25) is 0 Å². The van der Waals surface area contributed by atoms with E-state index in [0.29, 0.717) is 19.0 Å². The molecular formula is C23H20N4O4S. The van der Waals surface area contributed by atoms with Gasteiger partial charge in [-0.3, -0.25) is 10.1 Å². The number of amides is 1. The van der Waals surface area contributed by atoms with Crippen LogP contribution in [0.25, 0.3) is 10.9 Å². The van der Waals surface area contributed by atoms with Gasteiger partial charge in [-0.1, -0.05) is 54.2 Å². The lowest BCUT2D eigenvalue weighted by Crippen LogP contribution is -2.16.